The van der Waals surface area contributed by atoms with E-state index in [4.69, 9.17) is 17.3 Å². The Morgan fingerprint density at radius 2 is 1.77 bits per heavy atom. The smallest absolute Gasteiger partial charge is 0.175 e. The molecule has 3 rings (SSSR count). The van der Waals surface area contributed by atoms with Gasteiger partial charge in [-0.2, -0.15) is 0 Å². The van der Waals surface area contributed by atoms with E-state index in [2.05, 4.69) is 17.4 Å². The third-order valence-corrected chi connectivity index (χ3v) is 7.29. The highest BCUT2D eigenvalue weighted by Gasteiger charge is 2.35. The zero-order valence-corrected chi connectivity index (χ0v) is 20.3. The Hall–Kier alpha value is -0.820. The Balaban J connectivity index is 0.00000225. The Labute approximate surface area is 197 Å². The number of sulfone groups is 1. The summed E-state index contributed by atoms with van der Waals surface area (Å²) in [6, 6.07) is 15.8. The molecule has 1 aliphatic carbocycles. The molecule has 168 valence electrons. The van der Waals surface area contributed by atoms with Crippen LogP contribution in [0.1, 0.15) is 36.8 Å². The highest BCUT2D eigenvalue weighted by Crippen LogP contribution is 2.39. The van der Waals surface area contributed by atoms with Crippen LogP contribution in [0.25, 0.3) is 0 Å². The van der Waals surface area contributed by atoms with Gasteiger partial charge in [0.05, 0.1) is 4.90 Å². The summed E-state index contributed by atoms with van der Waals surface area (Å²) < 4.78 is 23.4. The molecule has 0 aromatic heterocycles. The molecule has 3 N–H and O–H groups in total. The van der Waals surface area contributed by atoms with Crippen molar-refractivity contribution in [1.29, 1.82) is 0 Å². The molecule has 0 heterocycles. The van der Waals surface area contributed by atoms with Gasteiger partial charge < -0.3 is 11.1 Å². The molecule has 0 saturated heterocycles. The fourth-order valence-electron chi connectivity index (χ4n) is 4.16. The Kier molecular flexibility index (Phi) is 10.6. The van der Waals surface area contributed by atoms with Gasteiger partial charge in [-0.25, -0.2) is 8.42 Å². The van der Waals surface area contributed by atoms with Crippen molar-refractivity contribution >= 4 is 46.3 Å². The fraction of sp³-hybridized carbons (Fsp3) is 0.455. The minimum absolute atomic E-state index is 0. The van der Waals surface area contributed by atoms with Crippen LogP contribution in [0.4, 0.5) is 0 Å². The predicted octanol–water partition coefficient (Wildman–Crippen LogP) is 4.56. The maximum absolute atomic E-state index is 11.7. The number of hydrogen-bond acceptors (Lipinski definition) is 4. The normalized spacial score (nSPS) is 21.4. The average molecular weight is 494 g/mol. The second-order valence-corrected chi connectivity index (χ2v) is 10.3. The van der Waals surface area contributed by atoms with E-state index in [9.17, 15) is 8.42 Å². The Morgan fingerprint density at radius 1 is 1.10 bits per heavy atom. The monoisotopic (exact) mass is 492 g/mol. The number of hydrogen-bond donors (Lipinski definition) is 2. The molecule has 0 atom stereocenters. The quantitative estimate of drug-likeness (QED) is 0.593. The van der Waals surface area contributed by atoms with Gasteiger partial charge in [-0.15, -0.1) is 24.8 Å². The summed E-state index contributed by atoms with van der Waals surface area (Å²) >= 11 is 6.19. The number of halogens is 3. The standard InChI is InChI=1S/C22H29ClN2O2S.2ClH/c1-28(26,27)21-7-2-4-17(14-21)10-13-25-20-8-11-22(16-24,12-9-20)18-5-3-6-19(23)15-18;;/h2-7,14-15,20,25H,8-13,16,24H2,1H3;2*1H/t20-,22-;;. The van der Waals surface area contributed by atoms with Crippen molar-refractivity contribution in [3.63, 3.8) is 0 Å². The van der Waals surface area contributed by atoms with Crippen molar-refractivity contribution in [2.75, 3.05) is 19.3 Å². The van der Waals surface area contributed by atoms with E-state index < -0.39 is 9.84 Å². The predicted molar refractivity (Wildman–Crippen MR) is 130 cm³/mol. The summed E-state index contributed by atoms with van der Waals surface area (Å²) in [5.41, 5.74) is 8.49. The van der Waals surface area contributed by atoms with Gasteiger partial charge in [0.25, 0.3) is 0 Å². The zero-order valence-electron chi connectivity index (χ0n) is 17.1. The molecule has 0 spiro atoms. The largest absolute Gasteiger partial charge is 0.330 e. The van der Waals surface area contributed by atoms with Crippen molar-refractivity contribution in [1.82, 2.24) is 5.32 Å². The van der Waals surface area contributed by atoms with E-state index in [0.717, 1.165) is 49.2 Å². The minimum atomic E-state index is -3.16. The lowest BCUT2D eigenvalue weighted by Crippen LogP contribution is -2.44. The Bertz CT molecular complexity index is 914. The highest BCUT2D eigenvalue weighted by atomic mass is 35.5. The first-order chi connectivity index (χ1) is 13.3. The number of nitrogens with two attached hydrogens (primary N) is 1. The first-order valence-corrected chi connectivity index (χ1v) is 12.1. The molecular formula is C22H31Cl3N2O2S. The summed E-state index contributed by atoms with van der Waals surface area (Å²) in [4.78, 5) is 0.386. The maximum atomic E-state index is 11.7. The van der Waals surface area contributed by atoms with Gasteiger partial charge in [-0.3, -0.25) is 0 Å². The van der Waals surface area contributed by atoms with Gasteiger partial charge in [0.15, 0.2) is 9.84 Å². The van der Waals surface area contributed by atoms with Crippen LogP contribution in [0.5, 0.6) is 0 Å². The van der Waals surface area contributed by atoms with Crippen molar-refractivity contribution in [3.05, 3.63) is 64.7 Å². The summed E-state index contributed by atoms with van der Waals surface area (Å²) in [5.74, 6) is 0. The van der Waals surface area contributed by atoms with Gasteiger partial charge in [0.2, 0.25) is 0 Å². The first-order valence-electron chi connectivity index (χ1n) is 9.81. The second kappa shape index (κ2) is 11.7. The summed E-state index contributed by atoms with van der Waals surface area (Å²) in [5, 5.41) is 4.40. The second-order valence-electron chi connectivity index (χ2n) is 7.89. The van der Waals surface area contributed by atoms with E-state index in [1.54, 1.807) is 12.1 Å². The SMILES string of the molecule is CS(=O)(=O)c1cccc(CCN[C@H]2CC[C@](CN)(c3cccc(Cl)c3)CC2)c1.Cl.Cl. The van der Waals surface area contributed by atoms with Crippen LogP contribution in [0.3, 0.4) is 0 Å². The molecule has 0 aliphatic heterocycles. The van der Waals surface area contributed by atoms with E-state index in [-0.39, 0.29) is 30.2 Å². The lowest BCUT2D eigenvalue weighted by molar-refractivity contribution is 0.252. The van der Waals surface area contributed by atoms with E-state index >= 15 is 0 Å². The molecule has 1 aliphatic rings. The van der Waals surface area contributed by atoms with Crippen LogP contribution in [0.2, 0.25) is 5.02 Å². The lowest BCUT2D eigenvalue weighted by atomic mass is 9.68. The molecule has 0 amide bonds. The topological polar surface area (TPSA) is 72.2 Å². The highest BCUT2D eigenvalue weighted by molar-refractivity contribution is 7.90. The molecule has 0 unspecified atom stereocenters. The van der Waals surface area contributed by atoms with Crippen LogP contribution < -0.4 is 11.1 Å². The number of benzene rings is 2. The minimum Gasteiger partial charge on any atom is -0.330 e. The van der Waals surface area contributed by atoms with Gasteiger partial charge >= 0.3 is 0 Å². The van der Waals surface area contributed by atoms with Crippen LogP contribution in [-0.2, 0) is 21.7 Å². The van der Waals surface area contributed by atoms with Crippen molar-refractivity contribution in [3.8, 4) is 0 Å². The van der Waals surface area contributed by atoms with Crippen molar-refractivity contribution in [2.45, 2.75) is 48.5 Å². The average Bonchev–Trinajstić information content (AvgIpc) is 2.68. The zero-order chi connectivity index (χ0) is 20.2. The van der Waals surface area contributed by atoms with Crippen LogP contribution >= 0.6 is 36.4 Å². The number of nitrogens with one attached hydrogen (secondary N) is 1. The summed E-state index contributed by atoms with van der Waals surface area (Å²) in [7, 11) is -3.16. The third kappa shape index (κ3) is 6.84. The number of rotatable bonds is 7. The van der Waals surface area contributed by atoms with Gasteiger partial charge in [-0.1, -0.05) is 35.9 Å². The molecule has 1 saturated carbocycles. The van der Waals surface area contributed by atoms with Crippen molar-refractivity contribution in [2.24, 2.45) is 5.73 Å². The first kappa shape index (κ1) is 27.2. The summed E-state index contributed by atoms with van der Waals surface area (Å²) in [6.45, 7) is 1.48. The third-order valence-electron chi connectivity index (χ3n) is 5.94. The molecule has 8 heteroatoms. The van der Waals surface area contributed by atoms with Crippen LogP contribution in [0.15, 0.2) is 53.4 Å². The van der Waals surface area contributed by atoms with Crippen LogP contribution in [-0.4, -0.2) is 33.8 Å². The van der Waals surface area contributed by atoms with E-state index in [1.165, 1.54) is 11.8 Å². The molecular weight excluding hydrogens is 463 g/mol. The molecule has 0 bridgehead atoms. The van der Waals surface area contributed by atoms with E-state index in [0.29, 0.717) is 17.5 Å². The molecule has 2 aromatic carbocycles. The molecule has 1 fully saturated rings. The molecule has 4 nitrogen and oxygen atoms in total. The van der Waals surface area contributed by atoms with Crippen molar-refractivity contribution < 1.29 is 8.42 Å². The van der Waals surface area contributed by atoms with Crippen LogP contribution in [0, 0.1) is 0 Å². The Morgan fingerprint density at radius 3 is 2.37 bits per heavy atom. The molecule has 2 aromatic rings. The van der Waals surface area contributed by atoms with Gasteiger partial charge in [-0.05, 0) is 74.0 Å². The van der Waals surface area contributed by atoms with Gasteiger partial charge in [0.1, 0.15) is 0 Å². The fourth-order valence-corrected chi connectivity index (χ4v) is 5.04. The molecule has 30 heavy (non-hydrogen) atoms. The maximum Gasteiger partial charge on any atom is 0.175 e. The molecule has 0 radical (unpaired) electrons. The lowest BCUT2D eigenvalue weighted by Gasteiger charge is -2.40. The van der Waals surface area contributed by atoms with E-state index in [1.807, 2.05) is 24.3 Å². The summed E-state index contributed by atoms with van der Waals surface area (Å²) in [6.07, 6.45) is 6.31. The van der Waals surface area contributed by atoms with Gasteiger partial charge in [0, 0.05) is 29.3 Å².